The summed E-state index contributed by atoms with van der Waals surface area (Å²) in [4.78, 5) is 0. The molecule has 0 aromatic rings. The zero-order valence-corrected chi connectivity index (χ0v) is 9.36. The lowest BCUT2D eigenvalue weighted by atomic mass is 10.2. The number of likely N-dealkylation sites (N-methyl/N-ethyl adjacent to an activating group) is 1. The van der Waals surface area contributed by atoms with Crippen LogP contribution >= 0.6 is 12.4 Å². The lowest BCUT2D eigenvalue weighted by molar-refractivity contribution is -0.890. The van der Waals surface area contributed by atoms with E-state index in [2.05, 4.69) is 21.0 Å². The van der Waals surface area contributed by atoms with Gasteiger partial charge in [-0.2, -0.15) is 0 Å². The molecule has 0 aliphatic carbocycles. The molecular weight excluding hydrogens is 174 g/mol. The molecule has 0 fully saturated rings. The van der Waals surface area contributed by atoms with Gasteiger partial charge in [0.1, 0.15) is 6.54 Å². The first-order chi connectivity index (χ1) is 5.12. The Hall–Kier alpha value is 0.210. The number of aliphatic hydroxyl groups is 1. The number of aliphatic hydroxyl groups excluding tert-OH is 1. The van der Waals surface area contributed by atoms with E-state index in [-0.39, 0.29) is 12.4 Å². The van der Waals surface area contributed by atoms with Crippen molar-refractivity contribution in [2.45, 2.75) is 26.2 Å². The second kappa shape index (κ2) is 7.84. The zero-order chi connectivity index (χ0) is 8.74. The van der Waals surface area contributed by atoms with Crippen molar-refractivity contribution in [2.75, 3.05) is 33.8 Å². The van der Waals surface area contributed by atoms with Gasteiger partial charge in [-0.1, -0.05) is 13.3 Å². The Kier molecular flexibility index (Phi) is 9.61. The minimum Gasteiger partial charge on any atom is -0.391 e. The first kappa shape index (κ1) is 14.7. The number of quaternary nitrogens is 1. The van der Waals surface area contributed by atoms with Gasteiger partial charge in [-0.25, -0.2) is 0 Å². The van der Waals surface area contributed by atoms with Crippen molar-refractivity contribution in [1.29, 1.82) is 0 Å². The standard InChI is InChI=1S/C9H22NO.ClH/c1-4-5-6-7-10(2,3)8-9-11;/h11H,4-9H2,1-3H3;1H/q+1;. The summed E-state index contributed by atoms with van der Waals surface area (Å²) in [7, 11) is 4.34. The van der Waals surface area contributed by atoms with Crippen LogP contribution in [0.2, 0.25) is 0 Å². The number of nitrogens with zero attached hydrogens (tertiary/aromatic N) is 1. The second-order valence-corrected chi connectivity index (χ2v) is 3.81. The van der Waals surface area contributed by atoms with Gasteiger partial charge in [0.05, 0.1) is 27.2 Å². The topological polar surface area (TPSA) is 20.2 Å². The van der Waals surface area contributed by atoms with E-state index in [9.17, 15) is 0 Å². The van der Waals surface area contributed by atoms with Gasteiger partial charge in [0.2, 0.25) is 0 Å². The number of hydrogen-bond acceptors (Lipinski definition) is 1. The van der Waals surface area contributed by atoms with Crippen molar-refractivity contribution >= 4 is 12.4 Å². The van der Waals surface area contributed by atoms with Crippen LogP contribution in [0.4, 0.5) is 0 Å². The summed E-state index contributed by atoms with van der Waals surface area (Å²) < 4.78 is 0.955. The van der Waals surface area contributed by atoms with Crippen LogP contribution < -0.4 is 0 Å². The average molecular weight is 197 g/mol. The predicted octanol–water partition coefficient (Wildman–Crippen LogP) is 1.67. The lowest BCUT2D eigenvalue weighted by Gasteiger charge is -2.28. The molecule has 0 aromatic carbocycles. The maximum absolute atomic E-state index is 8.74. The van der Waals surface area contributed by atoms with Crippen molar-refractivity contribution in [3.8, 4) is 0 Å². The highest BCUT2D eigenvalue weighted by Crippen LogP contribution is 2.02. The Morgan fingerprint density at radius 2 is 1.67 bits per heavy atom. The molecule has 0 bridgehead atoms. The molecule has 0 spiro atoms. The summed E-state index contributed by atoms with van der Waals surface area (Å²) >= 11 is 0. The highest BCUT2D eigenvalue weighted by Gasteiger charge is 2.12. The maximum Gasteiger partial charge on any atom is 0.102 e. The summed E-state index contributed by atoms with van der Waals surface area (Å²) in [6.07, 6.45) is 3.87. The van der Waals surface area contributed by atoms with E-state index in [1.807, 2.05) is 0 Å². The number of rotatable bonds is 6. The van der Waals surface area contributed by atoms with Crippen LogP contribution in [0.5, 0.6) is 0 Å². The normalized spacial score (nSPS) is 11.0. The fraction of sp³-hybridized carbons (Fsp3) is 1.00. The highest BCUT2D eigenvalue weighted by atomic mass is 35.5. The molecule has 0 saturated heterocycles. The highest BCUT2D eigenvalue weighted by molar-refractivity contribution is 5.85. The van der Waals surface area contributed by atoms with Crippen LogP contribution in [0.3, 0.4) is 0 Å². The van der Waals surface area contributed by atoms with Gasteiger partial charge in [-0.3, -0.25) is 0 Å². The predicted molar refractivity (Wildman–Crippen MR) is 55.7 cm³/mol. The first-order valence-corrected chi connectivity index (χ1v) is 4.55. The summed E-state index contributed by atoms with van der Waals surface area (Å²) in [6.45, 7) is 4.59. The molecule has 0 aliphatic rings. The first-order valence-electron chi connectivity index (χ1n) is 4.55. The van der Waals surface area contributed by atoms with Crippen LogP contribution in [0.1, 0.15) is 26.2 Å². The van der Waals surface area contributed by atoms with E-state index < -0.39 is 0 Å². The molecule has 3 heteroatoms. The van der Waals surface area contributed by atoms with Gasteiger partial charge in [0.25, 0.3) is 0 Å². The van der Waals surface area contributed by atoms with E-state index >= 15 is 0 Å². The monoisotopic (exact) mass is 196 g/mol. The van der Waals surface area contributed by atoms with Crippen molar-refractivity contribution in [2.24, 2.45) is 0 Å². The van der Waals surface area contributed by atoms with Crippen molar-refractivity contribution < 1.29 is 9.59 Å². The summed E-state index contributed by atoms with van der Waals surface area (Å²) in [6, 6.07) is 0. The van der Waals surface area contributed by atoms with Crippen LogP contribution in [0.15, 0.2) is 0 Å². The van der Waals surface area contributed by atoms with Crippen molar-refractivity contribution in [3.63, 3.8) is 0 Å². The largest absolute Gasteiger partial charge is 0.391 e. The Labute approximate surface area is 82.6 Å². The molecule has 12 heavy (non-hydrogen) atoms. The number of hydrogen-bond donors (Lipinski definition) is 1. The molecule has 0 unspecified atom stereocenters. The minimum absolute atomic E-state index is 0. The average Bonchev–Trinajstić information content (AvgIpc) is 1.87. The van der Waals surface area contributed by atoms with Crippen molar-refractivity contribution in [1.82, 2.24) is 0 Å². The van der Waals surface area contributed by atoms with Gasteiger partial charge in [-0.05, 0) is 12.8 Å². The van der Waals surface area contributed by atoms with E-state index in [4.69, 9.17) is 5.11 Å². The quantitative estimate of drug-likeness (QED) is 0.506. The molecule has 0 radical (unpaired) electrons. The lowest BCUT2D eigenvalue weighted by Crippen LogP contribution is -2.42. The Balaban J connectivity index is 0. The summed E-state index contributed by atoms with van der Waals surface area (Å²) in [5.41, 5.74) is 0. The molecule has 0 aliphatic heterocycles. The van der Waals surface area contributed by atoms with E-state index in [0.29, 0.717) is 6.61 Å². The van der Waals surface area contributed by atoms with Gasteiger partial charge >= 0.3 is 0 Å². The third kappa shape index (κ3) is 8.31. The zero-order valence-electron chi connectivity index (χ0n) is 8.55. The third-order valence-electron chi connectivity index (χ3n) is 2.07. The molecule has 0 amide bonds. The van der Waals surface area contributed by atoms with Crippen LogP contribution in [0, 0.1) is 0 Å². The summed E-state index contributed by atoms with van der Waals surface area (Å²) in [5.74, 6) is 0. The SMILES string of the molecule is CCCCC[N+](C)(C)CCO.Cl. The molecule has 0 aromatic heterocycles. The molecule has 76 valence electrons. The maximum atomic E-state index is 8.74. The third-order valence-corrected chi connectivity index (χ3v) is 2.07. The second-order valence-electron chi connectivity index (χ2n) is 3.81. The number of halogens is 1. The smallest absolute Gasteiger partial charge is 0.102 e. The Bertz CT molecular complexity index is 96.5. The van der Waals surface area contributed by atoms with E-state index in [1.165, 1.54) is 25.8 Å². The number of unbranched alkanes of at least 4 members (excludes halogenated alkanes) is 2. The Morgan fingerprint density at radius 3 is 2.08 bits per heavy atom. The molecular formula is C9H23ClNO+. The van der Waals surface area contributed by atoms with Crippen LogP contribution in [-0.2, 0) is 0 Å². The molecule has 2 nitrogen and oxygen atoms in total. The van der Waals surface area contributed by atoms with Crippen molar-refractivity contribution in [3.05, 3.63) is 0 Å². The van der Waals surface area contributed by atoms with Gasteiger partial charge < -0.3 is 9.59 Å². The van der Waals surface area contributed by atoms with Crippen LogP contribution in [-0.4, -0.2) is 43.4 Å². The van der Waals surface area contributed by atoms with Gasteiger partial charge in [0.15, 0.2) is 0 Å². The van der Waals surface area contributed by atoms with E-state index in [0.717, 1.165) is 11.0 Å². The van der Waals surface area contributed by atoms with Gasteiger partial charge in [0, 0.05) is 0 Å². The fourth-order valence-electron chi connectivity index (χ4n) is 1.17. The van der Waals surface area contributed by atoms with Gasteiger partial charge in [-0.15, -0.1) is 12.4 Å². The minimum atomic E-state index is 0. The van der Waals surface area contributed by atoms with Crippen LogP contribution in [0.25, 0.3) is 0 Å². The molecule has 0 heterocycles. The molecule has 1 N–H and O–H groups in total. The Morgan fingerprint density at radius 1 is 1.08 bits per heavy atom. The van der Waals surface area contributed by atoms with E-state index in [1.54, 1.807) is 0 Å². The molecule has 0 saturated carbocycles. The molecule has 0 atom stereocenters. The fourth-order valence-corrected chi connectivity index (χ4v) is 1.17. The molecule has 0 rings (SSSR count). The summed E-state index contributed by atoms with van der Waals surface area (Å²) in [5, 5.41) is 8.74.